The Morgan fingerprint density at radius 2 is 1.85 bits per heavy atom. The predicted molar refractivity (Wildman–Crippen MR) is 77.6 cm³/mol. The van der Waals surface area contributed by atoms with Gasteiger partial charge in [-0.2, -0.15) is 0 Å². The lowest BCUT2D eigenvalue weighted by atomic mass is 10.1. The molecule has 0 bridgehead atoms. The van der Waals surface area contributed by atoms with Gasteiger partial charge in [-0.1, -0.05) is 41.9 Å². The standard InChI is InChI=1S/C16H16ClFO2/c17-14-9-13(7-4-8-19)10-15(18)16(14)20-11-12-5-2-1-3-6-12/h1-3,5-6,9-10,19H,4,7-8,11H2. The molecule has 2 aromatic carbocycles. The van der Waals surface area contributed by atoms with Gasteiger partial charge >= 0.3 is 0 Å². The number of aryl methyl sites for hydroxylation is 1. The lowest BCUT2D eigenvalue weighted by molar-refractivity contribution is 0.287. The van der Waals surface area contributed by atoms with Crippen molar-refractivity contribution in [1.82, 2.24) is 0 Å². The third kappa shape index (κ3) is 3.95. The highest BCUT2D eigenvalue weighted by Gasteiger charge is 2.11. The summed E-state index contributed by atoms with van der Waals surface area (Å²) >= 11 is 6.05. The smallest absolute Gasteiger partial charge is 0.174 e. The molecule has 2 rings (SSSR count). The maximum atomic E-state index is 14.0. The first kappa shape index (κ1) is 14.8. The van der Waals surface area contributed by atoms with Gasteiger partial charge in [-0.3, -0.25) is 0 Å². The zero-order chi connectivity index (χ0) is 14.4. The molecule has 0 saturated carbocycles. The van der Waals surface area contributed by atoms with Gasteiger partial charge in [-0.05, 0) is 36.1 Å². The molecule has 0 saturated heterocycles. The van der Waals surface area contributed by atoms with Crippen molar-refractivity contribution in [1.29, 1.82) is 0 Å². The van der Waals surface area contributed by atoms with Gasteiger partial charge in [0.15, 0.2) is 11.6 Å². The van der Waals surface area contributed by atoms with Crippen LogP contribution in [0.1, 0.15) is 17.5 Å². The number of hydrogen-bond donors (Lipinski definition) is 1. The van der Waals surface area contributed by atoms with Gasteiger partial charge in [0.2, 0.25) is 0 Å². The van der Waals surface area contributed by atoms with Crippen molar-refractivity contribution in [3.8, 4) is 5.75 Å². The Labute approximate surface area is 122 Å². The molecule has 0 aromatic heterocycles. The number of aliphatic hydroxyl groups is 1. The van der Waals surface area contributed by atoms with Crippen LogP contribution in [0.15, 0.2) is 42.5 Å². The fraction of sp³-hybridized carbons (Fsp3) is 0.250. The molecule has 0 spiro atoms. The highest BCUT2D eigenvalue weighted by Crippen LogP contribution is 2.30. The molecular weight excluding hydrogens is 279 g/mol. The minimum absolute atomic E-state index is 0.0725. The number of ether oxygens (including phenoxy) is 1. The van der Waals surface area contributed by atoms with Crippen LogP contribution in [-0.2, 0) is 13.0 Å². The highest BCUT2D eigenvalue weighted by molar-refractivity contribution is 6.32. The fourth-order valence-electron chi connectivity index (χ4n) is 1.91. The van der Waals surface area contributed by atoms with Crippen LogP contribution in [0.3, 0.4) is 0 Å². The number of benzene rings is 2. The van der Waals surface area contributed by atoms with E-state index in [0.717, 1.165) is 11.1 Å². The molecule has 0 aliphatic rings. The molecule has 1 N–H and O–H groups in total. The summed E-state index contributed by atoms with van der Waals surface area (Å²) in [6.07, 6.45) is 1.17. The van der Waals surface area contributed by atoms with Crippen LogP contribution >= 0.6 is 11.6 Å². The van der Waals surface area contributed by atoms with Crippen LogP contribution < -0.4 is 4.74 Å². The van der Waals surface area contributed by atoms with Crippen LogP contribution in [-0.4, -0.2) is 11.7 Å². The van der Waals surface area contributed by atoms with E-state index in [1.807, 2.05) is 30.3 Å². The van der Waals surface area contributed by atoms with E-state index in [1.165, 1.54) is 6.07 Å². The Bertz CT molecular complexity index is 535. The molecule has 0 atom stereocenters. The molecule has 2 nitrogen and oxygen atoms in total. The first-order chi connectivity index (χ1) is 9.70. The quantitative estimate of drug-likeness (QED) is 0.873. The highest BCUT2D eigenvalue weighted by atomic mass is 35.5. The van der Waals surface area contributed by atoms with Crippen molar-refractivity contribution in [3.05, 3.63) is 64.4 Å². The molecule has 4 heteroatoms. The first-order valence-electron chi connectivity index (χ1n) is 6.46. The Hall–Kier alpha value is -1.58. The summed E-state index contributed by atoms with van der Waals surface area (Å²) in [4.78, 5) is 0. The third-order valence-corrected chi connectivity index (χ3v) is 3.19. The first-order valence-corrected chi connectivity index (χ1v) is 6.84. The van der Waals surface area contributed by atoms with Crippen molar-refractivity contribution in [3.63, 3.8) is 0 Å². The normalized spacial score (nSPS) is 10.6. The van der Waals surface area contributed by atoms with Crippen molar-refractivity contribution in [2.45, 2.75) is 19.4 Å². The Kier molecular flexibility index (Phi) is 5.39. The summed E-state index contributed by atoms with van der Waals surface area (Å²) in [6.45, 7) is 0.346. The van der Waals surface area contributed by atoms with Gasteiger partial charge in [0, 0.05) is 6.61 Å². The molecule has 0 unspecified atom stereocenters. The zero-order valence-corrected chi connectivity index (χ0v) is 11.7. The Morgan fingerprint density at radius 3 is 2.50 bits per heavy atom. The van der Waals surface area contributed by atoms with E-state index in [9.17, 15) is 4.39 Å². The second-order valence-electron chi connectivity index (χ2n) is 4.49. The van der Waals surface area contributed by atoms with E-state index in [2.05, 4.69) is 0 Å². The predicted octanol–water partition coefficient (Wildman–Crippen LogP) is 3.98. The summed E-state index contributed by atoms with van der Waals surface area (Å²) in [5, 5.41) is 9.04. The van der Waals surface area contributed by atoms with Gasteiger partial charge in [0.05, 0.1) is 5.02 Å². The molecule has 0 heterocycles. The van der Waals surface area contributed by atoms with Gasteiger partial charge < -0.3 is 9.84 Å². The molecule has 0 aliphatic heterocycles. The van der Waals surface area contributed by atoms with Gasteiger partial charge in [-0.15, -0.1) is 0 Å². The monoisotopic (exact) mass is 294 g/mol. The molecule has 0 amide bonds. The van der Waals surface area contributed by atoms with Gasteiger partial charge in [0.25, 0.3) is 0 Å². The minimum Gasteiger partial charge on any atom is -0.484 e. The number of hydrogen-bond acceptors (Lipinski definition) is 2. The van der Waals surface area contributed by atoms with E-state index < -0.39 is 5.82 Å². The van der Waals surface area contributed by atoms with Crippen LogP contribution in [0.2, 0.25) is 5.02 Å². The summed E-state index contributed by atoms with van der Waals surface area (Å²) < 4.78 is 19.4. The van der Waals surface area contributed by atoms with Crippen molar-refractivity contribution < 1.29 is 14.2 Å². The van der Waals surface area contributed by atoms with E-state index in [0.29, 0.717) is 12.8 Å². The van der Waals surface area contributed by atoms with E-state index >= 15 is 0 Å². The fourth-order valence-corrected chi connectivity index (χ4v) is 2.19. The Balaban J connectivity index is 2.08. The topological polar surface area (TPSA) is 29.5 Å². The second kappa shape index (κ2) is 7.27. The van der Waals surface area contributed by atoms with E-state index in [4.69, 9.17) is 21.4 Å². The molecule has 106 valence electrons. The molecular formula is C16H16ClFO2. The average Bonchev–Trinajstić information content (AvgIpc) is 2.45. The molecule has 0 aliphatic carbocycles. The largest absolute Gasteiger partial charge is 0.484 e. The van der Waals surface area contributed by atoms with Crippen LogP contribution in [0, 0.1) is 5.82 Å². The van der Waals surface area contributed by atoms with E-state index in [1.54, 1.807) is 6.07 Å². The summed E-state index contributed by atoms with van der Waals surface area (Å²) in [5.74, 6) is -0.398. The molecule has 2 aromatic rings. The number of halogens is 2. The minimum atomic E-state index is -0.471. The number of rotatable bonds is 6. The second-order valence-corrected chi connectivity index (χ2v) is 4.90. The SMILES string of the molecule is OCCCc1cc(F)c(OCc2ccccc2)c(Cl)c1. The summed E-state index contributed by atoms with van der Waals surface area (Å²) in [7, 11) is 0. The number of aliphatic hydroxyl groups excluding tert-OH is 1. The van der Waals surface area contributed by atoms with Gasteiger partial charge in [-0.25, -0.2) is 4.39 Å². The van der Waals surface area contributed by atoms with Crippen molar-refractivity contribution in [2.75, 3.05) is 6.61 Å². The Morgan fingerprint density at radius 1 is 1.10 bits per heavy atom. The summed E-state index contributed by atoms with van der Waals surface area (Å²) in [6, 6.07) is 12.6. The van der Waals surface area contributed by atoms with Crippen molar-refractivity contribution in [2.24, 2.45) is 0 Å². The van der Waals surface area contributed by atoms with Gasteiger partial charge in [0.1, 0.15) is 6.61 Å². The molecule has 0 radical (unpaired) electrons. The van der Waals surface area contributed by atoms with Crippen LogP contribution in [0.25, 0.3) is 0 Å². The molecule has 20 heavy (non-hydrogen) atoms. The van der Waals surface area contributed by atoms with Crippen LogP contribution in [0.4, 0.5) is 4.39 Å². The summed E-state index contributed by atoms with van der Waals surface area (Å²) in [5.41, 5.74) is 1.71. The van der Waals surface area contributed by atoms with Crippen LogP contribution in [0.5, 0.6) is 5.75 Å². The maximum Gasteiger partial charge on any atom is 0.174 e. The zero-order valence-electron chi connectivity index (χ0n) is 11.0. The lowest BCUT2D eigenvalue weighted by Crippen LogP contribution is -1.99. The maximum absolute atomic E-state index is 14.0. The van der Waals surface area contributed by atoms with E-state index in [-0.39, 0.29) is 24.0 Å². The third-order valence-electron chi connectivity index (χ3n) is 2.91. The molecule has 0 fully saturated rings. The lowest BCUT2D eigenvalue weighted by Gasteiger charge is -2.11. The average molecular weight is 295 g/mol. The van der Waals surface area contributed by atoms with Crippen molar-refractivity contribution >= 4 is 11.6 Å².